The van der Waals surface area contributed by atoms with Crippen molar-refractivity contribution >= 4 is 11.9 Å². The van der Waals surface area contributed by atoms with Crippen molar-refractivity contribution in [2.75, 3.05) is 13.7 Å². The minimum Gasteiger partial charge on any atom is -0.493 e. The Morgan fingerprint density at radius 1 is 1.20 bits per heavy atom. The number of ether oxygens (including phenoxy) is 2. The zero-order valence-corrected chi connectivity index (χ0v) is 16.7. The van der Waals surface area contributed by atoms with Gasteiger partial charge in [0.1, 0.15) is 11.5 Å². The summed E-state index contributed by atoms with van der Waals surface area (Å²) in [5.74, 6) is 0.390. The molecular weight excluding hydrogens is 392 g/mol. The summed E-state index contributed by atoms with van der Waals surface area (Å²) in [6.07, 6.45) is 1.79. The largest absolute Gasteiger partial charge is 0.493 e. The first-order valence-electron chi connectivity index (χ1n) is 9.32. The Balaban J connectivity index is 2.05. The molecule has 8 heteroatoms. The maximum absolute atomic E-state index is 13.3. The number of nitrogens with zero attached hydrogens (tertiary/aromatic N) is 2. The van der Waals surface area contributed by atoms with E-state index in [4.69, 9.17) is 10.5 Å². The second kappa shape index (κ2) is 8.52. The summed E-state index contributed by atoms with van der Waals surface area (Å²) in [7, 11) is 1.53. The summed E-state index contributed by atoms with van der Waals surface area (Å²) in [6, 6.07) is 12.8. The van der Waals surface area contributed by atoms with Crippen LogP contribution in [0.2, 0.25) is 0 Å². The Morgan fingerprint density at radius 3 is 2.47 bits per heavy atom. The number of alkyl halides is 2. The fourth-order valence-corrected chi connectivity index (χ4v) is 3.17. The normalized spacial score (nSPS) is 19.6. The molecule has 2 atom stereocenters. The monoisotopic (exact) mass is 415 g/mol. The molecule has 6 nitrogen and oxygen atoms in total. The number of amides is 1. The van der Waals surface area contributed by atoms with E-state index in [2.05, 4.69) is 16.3 Å². The Bertz CT molecular complexity index is 962. The third-order valence-electron chi connectivity index (χ3n) is 4.90. The van der Waals surface area contributed by atoms with E-state index < -0.39 is 12.2 Å². The third kappa shape index (κ3) is 3.98. The van der Waals surface area contributed by atoms with E-state index in [1.54, 1.807) is 30.3 Å². The summed E-state index contributed by atoms with van der Waals surface area (Å²) in [6.45, 7) is 3.20. The van der Waals surface area contributed by atoms with E-state index >= 15 is 0 Å². The molecule has 0 aliphatic carbocycles. The van der Waals surface area contributed by atoms with Crippen molar-refractivity contribution in [3.8, 4) is 11.5 Å². The van der Waals surface area contributed by atoms with Gasteiger partial charge in [-0.15, -0.1) is 6.58 Å². The highest BCUT2D eigenvalue weighted by atomic mass is 19.3. The molecule has 0 aromatic heterocycles. The fraction of sp³-hybridized carbons (Fsp3) is 0.273. The number of hydrogen-bond acceptors (Lipinski definition) is 5. The number of carbonyl (C=O) groups is 1. The standard InChI is InChI=1S/C22H23F2N3O3/c1-4-14(2)13-29-18-7-5-6-16(12-18)22(19(28)27(3)21(25)26-22)15-8-10-17(11-9-15)30-20(23)24/h4-12,14,20H,1,13H2,2-3H3,(H2,25,26)/t14?,22-/m1/s1. The molecule has 1 aliphatic rings. The fourth-order valence-electron chi connectivity index (χ4n) is 3.17. The lowest BCUT2D eigenvalue weighted by Crippen LogP contribution is -2.41. The quantitative estimate of drug-likeness (QED) is 0.670. The zero-order valence-electron chi connectivity index (χ0n) is 16.7. The zero-order chi connectivity index (χ0) is 21.9. The van der Waals surface area contributed by atoms with Crippen molar-refractivity contribution < 1.29 is 23.0 Å². The Labute approximate surface area is 173 Å². The van der Waals surface area contributed by atoms with Gasteiger partial charge in [0.25, 0.3) is 5.91 Å². The van der Waals surface area contributed by atoms with Gasteiger partial charge < -0.3 is 15.2 Å². The van der Waals surface area contributed by atoms with Crippen LogP contribution in [0.1, 0.15) is 18.1 Å². The van der Waals surface area contributed by atoms with Crippen molar-refractivity contribution in [1.29, 1.82) is 0 Å². The maximum atomic E-state index is 13.3. The molecule has 0 fully saturated rings. The van der Waals surface area contributed by atoms with Crippen molar-refractivity contribution in [3.63, 3.8) is 0 Å². The Morgan fingerprint density at radius 2 is 1.90 bits per heavy atom. The first-order chi connectivity index (χ1) is 14.3. The smallest absolute Gasteiger partial charge is 0.387 e. The van der Waals surface area contributed by atoms with Gasteiger partial charge in [-0.05, 0) is 35.4 Å². The van der Waals surface area contributed by atoms with Gasteiger partial charge in [0.15, 0.2) is 11.5 Å². The highest BCUT2D eigenvalue weighted by Crippen LogP contribution is 2.40. The first kappa shape index (κ1) is 21.3. The second-order valence-corrected chi connectivity index (χ2v) is 7.00. The lowest BCUT2D eigenvalue weighted by atomic mass is 9.82. The molecule has 0 saturated heterocycles. The van der Waals surface area contributed by atoms with Crippen molar-refractivity contribution in [3.05, 3.63) is 72.3 Å². The van der Waals surface area contributed by atoms with E-state index in [1.165, 1.54) is 36.2 Å². The predicted molar refractivity (Wildman–Crippen MR) is 110 cm³/mol. The molecule has 3 rings (SSSR count). The molecule has 0 bridgehead atoms. The van der Waals surface area contributed by atoms with Gasteiger partial charge in [0, 0.05) is 13.0 Å². The average Bonchev–Trinajstić information content (AvgIpc) is 2.97. The van der Waals surface area contributed by atoms with Crippen LogP contribution in [0.15, 0.2) is 66.2 Å². The molecular formula is C22H23F2N3O3. The topological polar surface area (TPSA) is 77.2 Å². The highest BCUT2D eigenvalue weighted by molar-refractivity contribution is 6.08. The number of carbonyl (C=O) groups excluding carboxylic acids is 1. The maximum Gasteiger partial charge on any atom is 0.387 e. The van der Waals surface area contributed by atoms with Crippen LogP contribution in [0.3, 0.4) is 0 Å². The number of guanidine groups is 1. The molecule has 1 amide bonds. The van der Waals surface area contributed by atoms with Crippen LogP contribution in [0.4, 0.5) is 8.78 Å². The number of benzene rings is 2. The number of halogens is 2. The van der Waals surface area contributed by atoms with E-state index in [9.17, 15) is 13.6 Å². The molecule has 1 heterocycles. The van der Waals surface area contributed by atoms with E-state index in [0.717, 1.165) is 0 Å². The second-order valence-electron chi connectivity index (χ2n) is 7.00. The number of aliphatic imine (C=N–C) groups is 1. The third-order valence-corrected chi connectivity index (χ3v) is 4.90. The Kier molecular flexibility index (Phi) is 6.05. The number of hydrogen-bond donors (Lipinski definition) is 1. The number of likely N-dealkylation sites (N-methyl/N-ethyl adjacent to an activating group) is 1. The summed E-state index contributed by atoms with van der Waals surface area (Å²) in [5.41, 5.74) is 5.52. The summed E-state index contributed by atoms with van der Waals surface area (Å²) < 4.78 is 35.2. The van der Waals surface area contributed by atoms with Crippen molar-refractivity contribution in [2.24, 2.45) is 16.6 Å². The molecule has 158 valence electrons. The van der Waals surface area contributed by atoms with Crippen LogP contribution >= 0.6 is 0 Å². The molecule has 2 N–H and O–H groups in total. The molecule has 1 unspecified atom stereocenters. The Hall–Kier alpha value is -3.42. The minimum absolute atomic E-state index is 0.0184. The van der Waals surface area contributed by atoms with Crippen molar-refractivity contribution in [2.45, 2.75) is 19.1 Å². The van der Waals surface area contributed by atoms with Crippen LogP contribution in [0.5, 0.6) is 11.5 Å². The van der Waals surface area contributed by atoms with Crippen LogP contribution in [0.25, 0.3) is 0 Å². The van der Waals surface area contributed by atoms with Gasteiger partial charge in [-0.25, -0.2) is 4.99 Å². The van der Waals surface area contributed by atoms with Gasteiger partial charge in [-0.1, -0.05) is 37.3 Å². The first-order valence-corrected chi connectivity index (χ1v) is 9.32. The number of nitrogens with two attached hydrogens (primary N) is 1. The van der Waals surface area contributed by atoms with Crippen LogP contribution in [-0.4, -0.2) is 37.0 Å². The van der Waals surface area contributed by atoms with Gasteiger partial charge in [-0.2, -0.15) is 8.78 Å². The van der Waals surface area contributed by atoms with Gasteiger partial charge in [-0.3, -0.25) is 9.69 Å². The molecule has 0 saturated carbocycles. The summed E-state index contributed by atoms with van der Waals surface area (Å²) in [4.78, 5) is 19.0. The average molecular weight is 415 g/mol. The van der Waals surface area contributed by atoms with Gasteiger partial charge >= 0.3 is 6.61 Å². The van der Waals surface area contributed by atoms with Gasteiger partial charge in [0.05, 0.1) is 6.61 Å². The molecule has 1 aliphatic heterocycles. The van der Waals surface area contributed by atoms with E-state index in [0.29, 0.717) is 23.5 Å². The van der Waals surface area contributed by atoms with Crippen molar-refractivity contribution in [1.82, 2.24) is 4.90 Å². The van der Waals surface area contributed by atoms with Gasteiger partial charge in [0.2, 0.25) is 0 Å². The number of rotatable bonds is 8. The summed E-state index contributed by atoms with van der Waals surface area (Å²) >= 11 is 0. The molecule has 0 radical (unpaired) electrons. The van der Waals surface area contributed by atoms with Crippen LogP contribution in [-0.2, 0) is 10.3 Å². The lowest BCUT2D eigenvalue weighted by molar-refractivity contribution is -0.129. The van der Waals surface area contributed by atoms with E-state index in [1.807, 2.05) is 6.92 Å². The molecule has 0 spiro atoms. The SMILES string of the molecule is C=CC(C)COc1cccc([C@@]2(c3ccc(OC(F)F)cc3)N=C(N)N(C)C2=O)c1. The highest BCUT2D eigenvalue weighted by Gasteiger charge is 2.49. The van der Waals surface area contributed by atoms with E-state index in [-0.39, 0.29) is 23.5 Å². The molecule has 2 aromatic carbocycles. The van der Waals surface area contributed by atoms with Crippen LogP contribution in [0, 0.1) is 5.92 Å². The minimum atomic E-state index is -2.94. The molecule has 2 aromatic rings. The predicted octanol–water partition coefficient (Wildman–Crippen LogP) is 3.52. The molecule has 30 heavy (non-hydrogen) atoms. The van der Waals surface area contributed by atoms with Crippen LogP contribution < -0.4 is 15.2 Å². The summed E-state index contributed by atoms with van der Waals surface area (Å²) in [5, 5.41) is 0. The lowest BCUT2D eigenvalue weighted by Gasteiger charge is -2.26.